The maximum Gasteiger partial charge on any atom is 0.407 e. The first-order chi connectivity index (χ1) is 27.6. The van der Waals surface area contributed by atoms with E-state index in [1.807, 2.05) is 105 Å². The number of esters is 1. The molecule has 1 fully saturated rings. The van der Waals surface area contributed by atoms with Crippen molar-refractivity contribution in [3.63, 3.8) is 0 Å². The van der Waals surface area contributed by atoms with E-state index in [0.717, 1.165) is 36.0 Å². The van der Waals surface area contributed by atoms with E-state index in [1.54, 1.807) is 0 Å². The van der Waals surface area contributed by atoms with Crippen molar-refractivity contribution in [2.75, 3.05) is 6.54 Å². The number of aliphatic hydroxyl groups excluding tert-OH is 1. The van der Waals surface area contributed by atoms with Gasteiger partial charge in [-0.25, -0.2) is 9.59 Å². The minimum atomic E-state index is -1.02. The van der Waals surface area contributed by atoms with Gasteiger partial charge in [-0.2, -0.15) is 0 Å². The lowest BCUT2D eigenvalue weighted by Crippen LogP contribution is -2.53. The quantitative estimate of drug-likeness (QED) is 0.0520. The molecule has 11 heteroatoms. The lowest BCUT2D eigenvalue weighted by atomic mass is 9.82. The van der Waals surface area contributed by atoms with Gasteiger partial charge in [-0.15, -0.1) is 0 Å². The normalized spacial score (nSPS) is 15.7. The van der Waals surface area contributed by atoms with Crippen molar-refractivity contribution in [1.82, 2.24) is 16.0 Å². The van der Waals surface area contributed by atoms with E-state index in [4.69, 9.17) is 15.2 Å². The summed E-state index contributed by atoms with van der Waals surface area (Å²) in [4.78, 5) is 54.1. The Labute approximate surface area is 338 Å². The molecule has 0 heterocycles. The Kier molecular flexibility index (Phi) is 19.6. The first-order valence-corrected chi connectivity index (χ1v) is 20.8. The molecule has 0 spiro atoms. The topological polar surface area (TPSA) is 169 Å². The van der Waals surface area contributed by atoms with Gasteiger partial charge in [0.15, 0.2) is 0 Å². The molecular formula is C46H64N4O7. The molecule has 4 rings (SSSR count). The highest BCUT2D eigenvalue weighted by Crippen LogP contribution is 2.29. The highest BCUT2D eigenvalue weighted by Gasteiger charge is 2.32. The van der Waals surface area contributed by atoms with Crippen LogP contribution in [0.1, 0.15) is 101 Å². The van der Waals surface area contributed by atoms with Crippen molar-refractivity contribution in [1.29, 1.82) is 0 Å². The molecule has 1 aliphatic rings. The van der Waals surface area contributed by atoms with Gasteiger partial charge in [0.05, 0.1) is 6.10 Å². The lowest BCUT2D eigenvalue weighted by Gasteiger charge is -2.30. The van der Waals surface area contributed by atoms with Gasteiger partial charge >= 0.3 is 12.1 Å². The summed E-state index contributed by atoms with van der Waals surface area (Å²) in [5.74, 6) is -1.40. The zero-order valence-electron chi connectivity index (χ0n) is 33.8. The molecule has 5 atom stereocenters. The monoisotopic (exact) mass is 784 g/mol. The minimum absolute atomic E-state index is 0.0455. The first kappa shape index (κ1) is 45.0. The Hall–Kier alpha value is -4.74. The maximum atomic E-state index is 14.2. The highest BCUT2D eigenvalue weighted by molar-refractivity contribution is 5.91. The van der Waals surface area contributed by atoms with Crippen LogP contribution in [-0.2, 0) is 43.5 Å². The van der Waals surface area contributed by atoms with Crippen molar-refractivity contribution >= 4 is 23.9 Å². The molecule has 6 N–H and O–H groups in total. The third kappa shape index (κ3) is 17.1. The molecule has 0 saturated heterocycles. The predicted molar refractivity (Wildman–Crippen MR) is 221 cm³/mol. The SMILES string of the molecule is CC(C)C[C@H](C[C@H](O)[C@@H](N)CC1CCCCC1)C(=O)N[C@@H](CCCCNC(=O)OCc1ccccc1)C(=O)N[C@@H](Cc1ccccc1)C(=O)OCc1ccccc1. The van der Waals surface area contributed by atoms with Crippen LogP contribution in [0, 0.1) is 17.8 Å². The molecule has 3 amide bonds. The van der Waals surface area contributed by atoms with E-state index in [0.29, 0.717) is 31.7 Å². The van der Waals surface area contributed by atoms with E-state index in [9.17, 15) is 24.3 Å². The van der Waals surface area contributed by atoms with Gasteiger partial charge in [0.2, 0.25) is 11.8 Å². The van der Waals surface area contributed by atoms with Crippen LogP contribution in [0.25, 0.3) is 0 Å². The van der Waals surface area contributed by atoms with Crippen LogP contribution in [0.15, 0.2) is 91.0 Å². The second-order valence-electron chi connectivity index (χ2n) is 15.9. The van der Waals surface area contributed by atoms with E-state index >= 15 is 0 Å². The zero-order valence-corrected chi connectivity index (χ0v) is 33.8. The number of carbonyl (C=O) groups is 4. The predicted octanol–water partition coefficient (Wildman–Crippen LogP) is 6.75. The van der Waals surface area contributed by atoms with Gasteiger partial charge in [-0.1, -0.05) is 137 Å². The van der Waals surface area contributed by atoms with Crippen molar-refractivity contribution in [3.8, 4) is 0 Å². The van der Waals surface area contributed by atoms with E-state index in [-0.39, 0.29) is 44.3 Å². The summed E-state index contributed by atoms with van der Waals surface area (Å²) in [6.45, 7) is 4.54. The largest absolute Gasteiger partial charge is 0.459 e. The molecule has 0 unspecified atom stereocenters. The van der Waals surface area contributed by atoms with Gasteiger partial charge < -0.3 is 36.3 Å². The zero-order chi connectivity index (χ0) is 40.8. The molecule has 0 aliphatic heterocycles. The molecule has 0 aromatic heterocycles. The molecule has 1 aliphatic carbocycles. The number of benzene rings is 3. The van der Waals surface area contributed by atoms with Crippen LogP contribution >= 0.6 is 0 Å². The van der Waals surface area contributed by atoms with Crippen LogP contribution in [0.3, 0.4) is 0 Å². The van der Waals surface area contributed by atoms with Gasteiger partial charge in [0.1, 0.15) is 25.3 Å². The number of aliphatic hydroxyl groups is 1. The molecule has 11 nitrogen and oxygen atoms in total. The van der Waals surface area contributed by atoms with E-state index in [2.05, 4.69) is 16.0 Å². The Balaban J connectivity index is 1.43. The fourth-order valence-corrected chi connectivity index (χ4v) is 7.45. The fraction of sp³-hybridized carbons (Fsp3) is 0.522. The van der Waals surface area contributed by atoms with Crippen LogP contribution in [0.5, 0.6) is 0 Å². The lowest BCUT2D eigenvalue weighted by molar-refractivity contribution is -0.149. The summed E-state index contributed by atoms with van der Waals surface area (Å²) in [5.41, 5.74) is 9.05. The molecule has 57 heavy (non-hydrogen) atoms. The Morgan fingerprint density at radius 3 is 1.88 bits per heavy atom. The van der Waals surface area contributed by atoms with Gasteiger partial charge in [0, 0.05) is 24.9 Å². The number of ether oxygens (including phenoxy) is 2. The number of nitrogens with two attached hydrogens (primary N) is 1. The summed E-state index contributed by atoms with van der Waals surface area (Å²) >= 11 is 0. The van der Waals surface area contributed by atoms with Crippen molar-refractivity contribution in [3.05, 3.63) is 108 Å². The van der Waals surface area contributed by atoms with Crippen LogP contribution < -0.4 is 21.7 Å². The third-order valence-corrected chi connectivity index (χ3v) is 10.6. The summed E-state index contributed by atoms with van der Waals surface area (Å²) in [7, 11) is 0. The number of nitrogens with one attached hydrogen (secondary N) is 3. The third-order valence-electron chi connectivity index (χ3n) is 10.6. The fourth-order valence-electron chi connectivity index (χ4n) is 7.45. The van der Waals surface area contributed by atoms with Crippen LogP contribution in [0.4, 0.5) is 4.79 Å². The Morgan fingerprint density at radius 2 is 1.28 bits per heavy atom. The number of unbranched alkanes of at least 4 members (excludes halogenated alkanes) is 1. The molecule has 0 radical (unpaired) electrons. The molecule has 3 aromatic rings. The average Bonchev–Trinajstić information content (AvgIpc) is 3.22. The number of rotatable bonds is 23. The summed E-state index contributed by atoms with van der Waals surface area (Å²) in [5, 5.41) is 19.9. The summed E-state index contributed by atoms with van der Waals surface area (Å²) in [6, 6.07) is 25.6. The smallest absolute Gasteiger partial charge is 0.407 e. The van der Waals surface area contributed by atoms with Gasteiger partial charge in [0.25, 0.3) is 0 Å². The first-order valence-electron chi connectivity index (χ1n) is 20.8. The van der Waals surface area contributed by atoms with Crippen LogP contribution in [-0.4, -0.2) is 59.8 Å². The summed E-state index contributed by atoms with van der Waals surface area (Å²) in [6.07, 6.45) is 7.25. The second kappa shape index (κ2) is 24.8. The van der Waals surface area contributed by atoms with Crippen molar-refractivity contribution < 1.29 is 33.8 Å². The maximum absolute atomic E-state index is 14.2. The van der Waals surface area contributed by atoms with Gasteiger partial charge in [-0.05, 0) is 67.1 Å². The van der Waals surface area contributed by atoms with Crippen LogP contribution in [0.2, 0.25) is 0 Å². The number of hydrogen-bond acceptors (Lipinski definition) is 8. The molecule has 0 bridgehead atoms. The standard InChI is InChI=1S/C46H64N4O7/c1-33(2)27-38(30-42(51)39(47)28-34-17-7-3-8-18-34)43(52)49-40(25-15-16-26-48-46(55)57-32-37-23-13-6-14-24-37)44(53)50-41(29-35-19-9-4-10-20-35)45(54)56-31-36-21-11-5-12-22-36/h4-6,9-14,19-24,33-34,38-42,51H,3,7-8,15-18,25-32,47H2,1-2H3,(H,48,55)(H,49,52)(H,50,53)/t38-,39+,40+,41+,42+/m1/s1. The highest BCUT2D eigenvalue weighted by atomic mass is 16.5. The van der Waals surface area contributed by atoms with E-state index in [1.165, 1.54) is 19.3 Å². The minimum Gasteiger partial charge on any atom is -0.459 e. The second-order valence-corrected chi connectivity index (χ2v) is 15.9. The summed E-state index contributed by atoms with van der Waals surface area (Å²) < 4.78 is 11.0. The Morgan fingerprint density at radius 1 is 0.719 bits per heavy atom. The Bertz CT molecular complexity index is 1620. The van der Waals surface area contributed by atoms with Crippen molar-refractivity contribution in [2.24, 2.45) is 23.5 Å². The molecule has 3 aromatic carbocycles. The number of carbonyl (C=O) groups excluding carboxylic acids is 4. The molecular weight excluding hydrogens is 721 g/mol. The van der Waals surface area contributed by atoms with Gasteiger partial charge in [-0.3, -0.25) is 9.59 Å². The average molecular weight is 785 g/mol. The van der Waals surface area contributed by atoms with E-state index < -0.39 is 48.1 Å². The number of hydrogen-bond donors (Lipinski definition) is 5. The number of alkyl carbamates (subject to hydrolysis) is 1. The number of amides is 3. The van der Waals surface area contributed by atoms with Crippen molar-refractivity contribution in [2.45, 2.75) is 128 Å². The molecule has 310 valence electrons. The molecule has 1 saturated carbocycles.